The first-order valence-corrected chi connectivity index (χ1v) is 4.97. The minimum absolute atomic E-state index is 0.700. The molecule has 0 bridgehead atoms. The molecule has 2 nitrogen and oxygen atoms in total. The van der Waals surface area contributed by atoms with Crippen LogP contribution >= 0.6 is 15.9 Å². The quantitative estimate of drug-likeness (QED) is 0.681. The van der Waals surface area contributed by atoms with Crippen LogP contribution in [0.1, 0.15) is 5.69 Å². The predicted molar refractivity (Wildman–Crippen MR) is 47.5 cm³/mol. The van der Waals surface area contributed by atoms with Crippen molar-refractivity contribution in [1.29, 1.82) is 0 Å². The van der Waals surface area contributed by atoms with E-state index < -0.39 is 10.8 Å². The van der Waals surface area contributed by atoms with Crippen molar-refractivity contribution in [2.24, 2.45) is 0 Å². The summed E-state index contributed by atoms with van der Waals surface area (Å²) in [5, 5.41) is 0. The van der Waals surface area contributed by atoms with Gasteiger partial charge in [0.15, 0.2) is 0 Å². The molecular weight excluding hydrogens is 226 g/mol. The van der Waals surface area contributed by atoms with Gasteiger partial charge in [-0.05, 0) is 34.1 Å². The van der Waals surface area contributed by atoms with Gasteiger partial charge in [-0.2, -0.15) is 0 Å². The van der Waals surface area contributed by atoms with Gasteiger partial charge in [0.25, 0.3) is 0 Å². The van der Waals surface area contributed by atoms with Gasteiger partial charge >= 0.3 is 0 Å². The third-order valence-corrected chi connectivity index (χ3v) is 3.75. The first kappa shape index (κ1) is 7.18. The van der Waals surface area contributed by atoms with Gasteiger partial charge in [-0.3, -0.25) is 4.98 Å². The van der Waals surface area contributed by atoms with Crippen LogP contribution in [0.15, 0.2) is 27.0 Å². The monoisotopic (exact) mass is 229 g/mol. The van der Waals surface area contributed by atoms with Crippen LogP contribution in [0.2, 0.25) is 0 Å². The molecule has 4 heteroatoms. The highest BCUT2D eigenvalue weighted by Gasteiger charge is 2.18. The third-order valence-electron chi connectivity index (χ3n) is 1.43. The highest BCUT2D eigenvalue weighted by Crippen LogP contribution is 2.30. The van der Waals surface area contributed by atoms with Crippen LogP contribution in [0.3, 0.4) is 0 Å². The molecule has 11 heavy (non-hydrogen) atoms. The van der Waals surface area contributed by atoms with E-state index in [-0.39, 0.29) is 0 Å². The molecule has 56 valence electrons. The summed E-state index contributed by atoms with van der Waals surface area (Å²) in [7, 11) is -1.03. The average molecular weight is 230 g/mol. The molecule has 1 aromatic heterocycles. The van der Waals surface area contributed by atoms with Crippen LogP contribution in [-0.4, -0.2) is 9.19 Å². The molecule has 1 aromatic rings. The largest absolute Gasteiger partial charge is 0.256 e. The molecule has 1 atom stereocenters. The second kappa shape index (κ2) is 2.53. The number of fused-ring (bicyclic) bond motifs is 1. The Kier molecular flexibility index (Phi) is 1.65. The summed E-state index contributed by atoms with van der Waals surface area (Å²) in [4.78, 5) is 4.85. The van der Waals surface area contributed by atoms with E-state index in [2.05, 4.69) is 20.9 Å². The predicted octanol–water partition coefficient (Wildman–Crippen LogP) is 1.90. The van der Waals surface area contributed by atoms with Crippen molar-refractivity contribution in [2.45, 2.75) is 4.90 Å². The van der Waals surface area contributed by atoms with Gasteiger partial charge in [-0.25, -0.2) is 4.21 Å². The zero-order valence-electron chi connectivity index (χ0n) is 5.45. The van der Waals surface area contributed by atoms with Crippen LogP contribution in [0.4, 0.5) is 0 Å². The number of halogens is 1. The van der Waals surface area contributed by atoms with E-state index >= 15 is 0 Å². The molecule has 2 heterocycles. The second-order valence-electron chi connectivity index (χ2n) is 2.10. The SMILES string of the molecule is O=S1C(Br)=Cc2ncccc21. The van der Waals surface area contributed by atoms with Crippen molar-refractivity contribution in [3.8, 4) is 0 Å². The lowest BCUT2D eigenvalue weighted by molar-refractivity contribution is 0.688. The summed E-state index contributed by atoms with van der Waals surface area (Å²) in [6.45, 7) is 0. The Bertz CT molecular complexity index is 361. The lowest BCUT2D eigenvalue weighted by Crippen LogP contribution is -1.86. The zero-order valence-corrected chi connectivity index (χ0v) is 7.85. The molecule has 0 spiro atoms. The highest BCUT2D eigenvalue weighted by atomic mass is 79.9. The van der Waals surface area contributed by atoms with Crippen LogP contribution in [0, 0.1) is 0 Å². The van der Waals surface area contributed by atoms with E-state index in [4.69, 9.17) is 0 Å². The Morgan fingerprint density at radius 1 is 1.55 bits per heavy atom. The van der Waals surface area contributed by atoms with Crippen molar-refractivity contribution >= 4 is 32.8 Å². The van der Waals surface area contributed by atoms with Crippen molar-refractivity contribution in [1.82, 2.24) is 4.98 Å². The van der Waals surface area contributed by atoms with Gasteiger partial charge in [-0.15, -0.1) is 0 Å². The lowest BCUT2D eigenvalue weighted by atomic mass is 10.3. The number of hydrogen-bond acceptors (Lipinski definition) is 2. The van der Waals surface area contributed by atoms with Gasteiger partial charge in [0.1, 0.15) is 0 Å². The van der Waals surface area contributed by atoms with Crippen molar-refractivity contribution in [2.75, 3.05) is 0 Å². The van der Waals surface area contributed by atoms with E-state index in [0.717, 1.165) is 10.6 Å². The molecule has 2 rings (SSSR count). The van der Waals surface area contributed by atoms with Crippen molar-refractivity contribution in [3.05, 3.63) is 27.8 Å². The van der Waals surface area contributed by atoms with Gasteiger partial charge in [0.05, 0.1) is 25.2 Å². The van der Waals surface area contributed by atoms with Crippen LogP contribution in [0.5, 0.6) is 0 Å². The summed E-state index contributed by atoms with van der Waals surface area (Å²) < 4.78 is 12.1. The van der Waals surface area contributed by atoms with E-state index in [0.29, 0.717) is 3.81 Å². The zero-order chi connectivity index (χ0) is 7.84. The van der Waals surface area contributed by atoms with Crippen LogP contribution in [-0.2, 0) is 10.8 Å². The number of aromatic nitrogens is 1. The summed E-state index contributed by atoms with van der Waals surface area (Å²) in [5.41, 5.74) is 0.803. The minimum Gasteiger partial charge on any atom is -0.256 e. The number of rotatable bonds is 0. The Labute approximate surface area is 74.9 Å². The molecule has 0 fully saturated rings. The topological polar surface area (TPSA) is 30.0 Å². The van der Waals surface area contributed by atoms with Crippen LogP contribution < -0.4 is 0 Å². The fraction of sp³-hybridized carbons (Fsp3) is 0. The summed E-state index contributed by atoms with van der Waals surface area (Å²) in [6.07, 6.45) is 3.48. The van der Waals surface area contributed by atoms with Gasteiger partial charge in [0.2, 0.25) is 0 Å². The van der Waals surface area contributed by atoms with Gasteiger partial charge in [-0.1, -0.05) is 0 Å². The summed E-state index contributed by atoms with van der Waals surface area (Å²) in [6, 6.07) is 3.61. The molecule has 0 saturated carbocycles. The molecule has 0 radical (unpaired) electrons. The van der Waals surface area contributed by atoms with Gasteiger partial charge < -0.3 is 0 Å². The second-order valence-corrected chi connectivity index (χ2v) is 4.90. The Balaban J connectivity index is 2.67. The molecule has 1 unspecified atom stereocenters. The standard InChI is InChI=1S/C7H4BrNOS/c8-7-4-5-6(11(7)10)2-1-3-9-5/h1-4H. The van der Waals surface area contributed by atoms with E-state index in [9.17, 15) is 4.21 Å². The molecule has 0 N–H and O–H groups in total. The average Bonchev–Trinajstić information content (AvgIpc) is 2.30. The maximum absolute atomic E-state index is 11.4. The van der Waals surface area contributed by atoms with Crippen molar-refractivity contribution in [3.63, 3.8) is 0 Å². The Morgan fingerprint density at radius 2 is 2.36 bits per heavy atom. The first-order valence-electron chi connectivity index (χ1n) is 3.03. The van der Waals surface area contributed by atoms with Crippen LogP contribution in [0.25, 0.3) is 6.08 Å². The van der Waals surface area contributed by atoms with E-state index in [1.54, 1.807) is 18.3 Å². The summed E-state index contributed by atoms with van der Waals surface area (Å²) in [5.74, 6) is 0. The number of pyridine rings is 1. The Hall–Kier alpha value is -0.480. The smallest absolute Gasteiger partial charge is 0.0943 e. The molecule has 1 aliphatic rings. The van der Waals surface area contributed by atoms with E-state index in [1.807, 2.05) is 6.07 Å². The third kappa shape index (κ3) is 1.06. The fourth-order valence-corrected chi connectivity index (χ4v) is 2.61. The molecular formula is C7H4BrNOS. The first-order chi connectivity index (χ1) is 5.29. The lowest BCUT2D eigenvalue weighted by Gasteiger charge is -1.92. The molecule has 0 aromatic carbocycles. The maximum atomic E-state index is 11.4. The minimum atomic E-state index is -1.03. The Morgan fingerprint density at radius 3 is 3.09 bits per heavy atom. The summed E-state index contributed by atoms with van der Waals surface area (Å²) >= 11 is 3.21. The van der Waals surface area contributed by atoms with Crippen molar-refractivity contribution < 1.29 is 4.21 Å². The van der Waals surface area contributed by atoms with E-state index in [1.165, 1.54) is 0 Å². The number of nitrogens with zero attached hydrogens (tertiary/aromatic N) is 1. The fourth-order valence-electron chi connectivity index (χ4n) is 0.934. The highest BCUT2D eigenvalue weighted by molar-refractivity contribution is 9.13. The number of hydrogen-bond donors (Lipinski definition) is 0. The normalized spacial score (nSPS) is 21.2. The maximum Gasteiger partial charge on any atom is 0.0943 e. The molecule has 0 aliphatic carbocycles. The molecule has 0 saturated heterocycles. The molecule has 1 aliphatic heterocycles. The molecule has 0 amide bonds. The van der Waals surface area contributed by atoms with Gasteiger partial charge in [0, 0.05) is 6.20 Å².